The first-order valence-corrected chi connectivity index (χ1v) is 9.87. The number of benzene rings is 1. The summed E-state index contributed by atoms with van der Waals surface area (Å²) in [4.78, 5) is 22.6. The van der Waals surface area contributed by atoms with E-state index in [9.17, 15) is 9.18 Å². The molecule has 3 aromatic rings. The molecule has 3 rings (SSSR count). The number of amides is 1. The number of amidine groups is 1. The minimum atomic E-state index is -0.309. The van der Waals surface area contributed by atoms with Crippen LogP contribution in [0.1, 0.15) is 40.8 Å². The van der Waals surface area contributed by atoms with Crippen LogP contribution in [0.4, 0.5) is 10.1 Å². The molecule has 7 nitrogen and oxygen atoms in total. The molecule has 0 aliphatic rings. The van der Waals surface area contributed by atoms with Gasteiger partial charge in [0.15, 0.2) is 0 Å². The van der Waals surface area contributed by atoms with E-state index in [1.54, 1.807) is 43.8 Å². The Balaban J connectivity index is 0.000000336. The number of carbonyl (C=O) groups is 1. The monoisotopic (exact) mass is 432 g/mol. The van der Waals surface area contributed by atoms with Crippen molar-refractivity contribution >= 4 is 17.9 Å². The molecule has 0 saturated heterocycles. The number of aliphatic imine (C=N–C) groups is 1. The third kappa shape index (κ3) is 6.71. The molecule has 1 atom stereocenters. The number of halogens is 1. The van der Waals surface area contributed by atoms with Gasteiger partial charge in [-0.05, 0) is 66.8 Å². The summed E-state index contributed by atoms with van der Waals surface area (Å²) < 4.78 is 14.1. The van der Waals surface area contributed by atoms with Crippen LogP contribution in [-0.2, 0) is 11.2 Å². The molecule has 0 aliphatic heterocycles. The summed E-state index contributed by atoms with van der Waals surface area (Å²) in [5.41, 5.74) is 10.2. The Morgan fingerprint density at radius 1 is 1.31 bits per heavy atom. The van der Waals surface area contributed by atoms with E-state index in [1.165, 1.54) is 12.1 Å². The van der Waals surface area contributed by atoms with Crippen LogP contribution in [0, 0.1) is 24.1 Å². The highest BCUT2D eigenvalue weighted by Gasteiger charge is 2.15. The van der Waals surface area contributed by atoms with Crippen LogP contribution in [0.5, 0.6) is 0 Å². The number of pyridine rings is 2. The van der Waals surface area contributed by atoms with Crippen LogP contribution in [0.2, 0.25) is 0 Å². The Labute approximate surface area is 186 Å². The second-order valence-corrected chi connectivity index (χ2v) is 7.05. The standard InChI is InChI=1S/C17H19FN4O.C7H6N2/c1-11(15-8-13(22-10-23)3-4-16(15)18)7-12-9-21-6-5-14(12)17(19)20-2;1-6-2-3-7(4-8)5-9-6/h3-6,8-11H,7H2,1-2H3,(H2,19,20)(H,22,23);2-3,5H,1H3. The highest BCUT2D eigenvalue weighted by atomic mass is 19.1. The lowest BCUT2D eigenvalue weighted by molar-refractivity contribution is -0.105. The molecule has 0 aliphatic carbocycles. The average molecular weight is 433 g/mol. The van der Waals surface area contributed by atoms with Gasteiger partial charge in [0.1, 0.15) is 17.7 Å². The van der Waals surface area contributed by atoms with Crippen LogP contribution in [0.25, 0.3) is 0 Å². The topological polar surface area (TPSA) is 117 Å². The van der Waals surface area contributed by atoms with Crippen molar-refractivity contribution in [3.8, 4) is 6.07 Å². The van der Waals surface area contributed by atoms with Crippen LogP contribution in [0.15, 0.2) is 60.0 Å². The summed E-state index contributed by atoms with van der Waals surface area (Å²) in [6.07, 6.45) is 6.06. The highest BCUT2D eigenvalue weighted by molar-refractivity contribution is 5.98. The molecule has 32 heavy (non-hydrogen) atoms. The minimum absolute atomic E-state index is 0.115. The van der Waals surface area contributed by atoms with Crippen molar-refractivity contribution in [3.05, 3.63) is 88.8 Å². The molecule has 0 radical (unpaired) electrons. The predicted molar refractivity (Wildman–Crippen MR) is 123 cm³/mol. The maximum Gasteiger partial charge on any atom is 0.211 e. The number of hydrogen-bond donors (Lipinski definition) is 2. The zero-order valence-corrected chi connectivity index (χ0v) is 18.2. The number of anilines is 1. The van der Waals surface area contributed by atoms with E-state index < -0.39 is 0 Å². The molecule has 3 N–H and O–H groups in total. The van der Waals surface area contributed by atoms with Crippen molar-refractivity contribution < 1.29 is 9.18 Å². The number of carbonyl (C=O) groups excluding carboxylic acids is 1. The molecule has 1 amide bonds. The maximum absolute atomic E-state index is 14.1. The molecule has 0 fully saturated rings. The molecule has 164 valence electrons. The number of nitrogens with two attached hydrogens (primary N) is 1. The van der Waals surface area contributed by atoms with Crippen LogP contribution < -0.4 is 11.1 Å². The van der Waals surface area contributed by atoms with E-state index in [0.717, 1.165) is 16.8 Å². The zero-order chi connectivity index (χ0) is 23.5. The summed E-state index contributed by atoms with van der Waals surface area (Å²) in [7, 11) is 1.62. The van der Waals surface area contributed by atoms with Crippen LogP contribution in [0.3, 0.4) is 0 Å². The maximum atomic E-state index is 14.1. The van der Waals surface area contributed by atoms with Gasteiger partial charge in [-0.2, -0.15) is 5.26 Å². The van der Waals surface area contributed by atoms with Crippen molar-refractivity contribution in [2.75, 3.05) is 12.4 Å². The fourth-order valence-electron chi connectivity index (χ4n) is 3.01. The van der Waals surface area contributed by atoms with Gasteiger partial charge in [-0.25, -0.2) is 4.39 Å². The fraction of sp³-hybridized carbons (Fsp3) is 0.208. The average Bonchev–Trinajstić information content (AvgIpc) is 2.81. The fourth-order valence-corrected chi connectivity index (χ4v) is 3.01. The largest absolute Gasteiger partial charge is 0.384 e. The molecule has 1 aromatic carbocycles. The summed E-state index contributed by atoms with van der Waals surface area (Å²) in [5, 5.41) is 10.9. The Hall–Kier alpha value is -4.12. The van der Waals surface area contributed by atoms with E-state index >= 15 is 0 Å². The van der Waals surface area contributed by atoms with Gasteiger partial charge >= 0.3 is 0 Å². The van der Waals surface area contributed by atoms with Gasteiger partial charge in [-0.1, -0.05) is 6.92 Å². The van der Waals surface area contributed by atoms with E-state index in [-0.39, 0.29) is 11.7 Å². The molecule has 2 aromatic heterocycles. The van der Waals surface area contributed by atoms with Crippen molar-refractivity contribution in [1.29, 1.82) is 5.26 Å². The number of aromatic nitrogens is 2. The lowest BCUT2D eigenvalue weighted by Gasteiger charge is -2.16. The van der Waals surface area contributed by atoms with Crippen molar-refractivity contribution in [2.45, 2.75) is 26.2 Å². The summed E-state index contributed by atoms with van der Waals surface area (Å²) in [5.74, 6) is -0.000952. The molecule has 2 heterocycles. The quantitative estimate of drug-likeness (QED) is 0.350. The van der Waals surface area contributed by atoms with E-state index in [4.69, 9.17) is 11.0 Å². The number of nitrogens with one attached hydrogen (secondary N) is 1. The smallest absolute Gasteiger partial charge is 0.211 e. The van der Waals surface area contributed by atoms with Gasteiger partial charge in [0, 0.05) is 42.6 Å². The Kier molecular flexibility index (Phi) is 8.99. The van der Waals surface area contributed by atoms with Crippen molar-refractivity contribution in [1.82, 2.24) is 9.97 Å². The molecule has 0 bridgehead atoms. The number of nitriles is 1. The van der Waals surface area contributed by atoms with Gasteiger partial charge in [0.2, 0.25) is 6.41 Å². The third-order valence-electron chi connectivity index (χ3n) is 4.74. The van der Waals surface area contributed by atoms with Gasteiger partial charge in [0.25, 0.3) is 0 Å². The van der Waals surface area contributed by atoms with Crippen LogP contribution in [-0.4, -0.2) is 29.3 Å². The van der Waals surface area contributed by atoms with Gasteiger partial charge < -0.3 is 11.1 Å². The molecular weight excluding hydrogens is 407 g/mol. The highest BCUT2D eigenvalue weighted by Crippen LogP contribution is 2.26. The van der Waals surface area contributed by atoms with Gasteiger partial charge in [-0.15, -0.1) is 0 Å². The number of rotatable bonds is 6. The van der Waals surface area contributed by atoms with E-state index in [2.05, 4.69) is 20.3 Å². The first-order chi connectivity index (χ1) is 15.4. The van der Waals surface area contributed by atoms with E-state index in [0.29, 0.717) is 35.5 Å². The Bertz CT molecular complexity index is 1120. The second-order valence-electron chi connectivity index (χ2n) is 7.05. The van der Waals surface area contributed by atoms with Gasteiger partial charge in [-0.3, -0.25) is 19.8 Å². The number of hydrogen-bond acceptors (Lipinski definition) is 5. The van der Waals surface area contributed by atoms with Gasteiger partial charge in [0.05, 0.1) is 5.56 Å². The molecule has 8 heteroatoms. The first-order valence-electron chi connectivity index (χ1n) is 9.87. The first kappa shape index (κ1) is 24.2. The number of aryl methyl sites for hydroxylation is 1. The molecular formula is C24H25FN6O. The zero-order valence-electron chi connectivity index (χ0n) is 18.2. The van der Waals surface area contributed by atoms with Crippen molar-refractivity contribution in [2.24, 2.45) is 10.7 Å². The third-order valence-corrected chi connectivity index (χ3v) is 4.74. The van der Waals surface area contributed by atoms with Crippen LogP contribution >= 0.6 is 0 Å². The normalized spacial score (nSPS) is 11.5. The lowest BCUT2D eigenvalue weighted by Crippen LogP contribution is -2.16. The minimum Gasteiger partial charge on any atom is -0.384 e. The summed E-state index contributed by atoms with van der Waals surface area (Å²) in [6.45, 7) is 3.81. The Morgan fingerprint density at radius 3 is 2.72 bits per heavy atom. The summed E-state index contributed by atoms with van der Waals surface area (Å²) in [6, 6.07) is 11.9. The second kappa shape index (κ2) is 11.9. The SMILES string of the molecule is CN=C(N)c1ccncc1CC(C)c1cc(NC=O)ccc1F.Cc1ccc(C#N)cn1. The molecule has 0 spiro atoms. The molecule has 0 saturated carbocycles. The molecule has 1 unspecified atom stereocenters. The van der Waals surface area contributed by atoms with E-state index in [1.807, 2.05) is 26.0 Å². The summed E-state index contributed by atoms with van der Waals surface area (Å²) >= 11 is 0. The predicted octanol–water partition coefficient (Wildman–Crippen LogP) is 3.73. The Morgan fingerprint density at radius 2 is 2.09 bits per heavy atom. The van der Waals surface area contributed by atoms with Crippen molar-refractivity contribution in [3.63, 3.8) is 0 Å². The number of nitrogens with zero attached hydrogens (tertiary/aromatic N) is 4. The lowest BCUT2D eigenvalue weighted by atomic mass is 9.91.